The van der Waals surface area contributed by atoms with Crippen molar-refractivity contribution < 1.29 is 13.6 Å². The molecule has 5 rings (SSSR count). The number of carbonyl (C=O) groups excluding carboxylic acids is 1. The first-order valence-electron chi connectivity index (χ1n) is 12.2. The van der Waals surface area contributed by atoms with Crippen molar-refractivity contribution >= 4 is 34.6 Å². The van der Waals surface area contributed by atoms with Gasteiger partial charge in [0.05, 0.1) is 16.3 Å². The van der Waals surface area contributed by atoms with Crippen LogP contribution in [0.25, 0.3) is 22.4 Å². The summed E-state index contributed by atoms with van der Waals surface area (Å²) in [4.78, 5) is 22.4. The molecule has 0 aliphatic carbocycles. The van der Waals surface area contributed by atoms with E-state index in [2.05, 4.69) is 35.9 Å². The molecule has 0 radical (unpaired) electrons. The van der Waals surface area contributed by atoms with Gasteiger partial charge in [0.1, 0.15) is 17.7 Å². The van der Waals surface area contributed by atoms with E-state index in [0.717, 1.165) is 11.5 Å². The number of hydrogen-bond acceptors (Lipinski definition) is 6. The standard InChI is InChI=1S/C27H30ClFN6O2/c1-26(2,3)17-12-20(16-7-8-18(28)19(29)11-16)31-21-13-22(37-23(17)21)24(36)35-10-9-34(14-27(35,4)5)25-32-30-15-33(25)6/h7-8,11-13,15H,9-10,14H2,1-6H3. The molecule has 0 N–H and O–H groups in total. The molecule has 4 aromatic rings. The number of pyridine rings is 1. The number of anilines is 1. The summed E-state index contributed by atoms with van der Waals surface area (Å²) in [6, 6.07) is 8.20. The quantitative estimate of drug-likeness (QED) is 0.354. The highest BCUT2D eigenvalue weighted by Gasteiger charge is 2.39. The minimum absolute atomic E-state index is 0.0546. The van der Waals surface area contributed by atoms with Crippen LogP contribution in [-0.2, 0) is 12.5 Å². The number of nitrogens with zero attached hydrogens (tertiary/aromatic N) is 6. The van der Waals surface area contributed by atoms with Crippen LogP contribution in [0, 0.1) is 5.82 Å². The zero-order valence-corrected chi connectivity index (χ0v) is 22.6. The molecule has 37 heavy (non-hydrogen) atoms. The molecule has 1 fully saturated rings. The maximum Gasteiger partial charge on any atom is 0.290 e. The number of fused-ring (bicyclic) bond motifs is 1. The third kappa shape index (κ3) is 4.56. The Morgan fingerprint density at radius 1 is 1.16 bits per heavy atom. The Balaban J connectivity index is 1.51. The molecule has 4 heterocycles. The van der Waals surface area contributed by atoms with E-state index >= 15 is 0 Å². The van der Waals surface area contributed by atoms with Gasteiger partial charge in [0, 0.05) is 43.9 Å². The fraction of sp³-hybridized carbons (Fsp3) is 0.407. The second kappa shape index (κ2) is 8.83. The number of amides is 1. The molecular weight excluding hydrogens is 495 g/mol. The predicted octanol–water partition coefficient (Wildman–Crippen LogP) is 5.45. The number of halogens is 2. The highest BCUT2D eigenvalue weighted by atomic mass is 35.5. The Hall–Kier alpha value is -3.46. The molecule has 3 aromatic heterocycles. The van der Waals surface area contributed by atoms with Gasteiger partial charge in [-0.25, -0.2) is 9.37 Å². The number of aryl methyl sites for hydroxylation is 1. The molecule has 1 aliphatic heterocycles. The van der Waals surface area contributed by atoms with Crippen molar-refractivity contribution in [1.82, 2.24) is 24.6 Å². The van der Waals surface area contributed by atoms with Crippen molar-refractivity contribution in [3.63, 3.8) is 0 Å². The smallest absolute Gasteiger partial charge is 0.290 e. The fourth-order valence-electron chi connectivity index (χ4n) is 4.89. The van der Waals surface area contributed by atoms with E-state index in [0.29, 0.717) is 42.0 Å². The average Bonchev–Trinajstić information content (AvgIpc) is 3.44. The van der Waals surface area contributed by atoms with Crippen LogP contribution in [0.1, 0.15) is 50.7 Å². The molecule has 8 nitrogen and oxygen atoms in total. The molecular formula is C27H30ClFN6O2. The maximum absolute atomic E-state index is 14.2. The second-order valence-electron chi connectivity index (χ2n) is 11.2. The molecule has 0 bridgehead atoms. The minimum Gasteiger partial charge on any atom is -0.449 e. The van der Waals surface area contributed by atoms with Crippen molar-refractivity contribution in [2.24, 2.45) is 7.05 Å². The monoisotopic (exact) mass is 524 g/mol. The molecule has 1 aliphatic rings. The van der Waals surface area contributed by atoms with Crippen molar-refractivity contribution in [3.05, 3.63) is 58.8 Å². The summed E-state index contributed by atoms with van der Waals surface area (Å²) >= 11 is 5.88. The van der Waals surface area contributed by atoms with E-state index in [1.165, 1.54) is 12.1 Å². The molecule has 0 unspecified atom stereocenters. The number of aromatic nitrogens is 4. The Morgan fingerprint density at radius 2 is 1.92 bits per heavy atom. The van der Waals surface area contributed by atoms with Crippen molar-refractivity contribution in [1.29, 1.82) is 0 Å². The van der Waals surface area contributed by atoms with Gasteiger partial charge in [-0.1, -0.05) is 38.4 Å². The summed E-state index contributed by atoms with van der Waals surface area (Å²) in [6.07, 6.45) is 1.67. The van der Waals surface area contributed by atoms with Gasteiger partial charge < -0.3 is 18.8 Å². The number of furan rings is 1. The molecule has 194 valence electrons. The first-order chi connectivity index (χ1) is 17.3. The van der Waals surface area contributed by atoms with Gasteiger partial charge in [-0.2, -0.15) is 0 Å². The molecule has 1 saturated heterocycles. The van der Waals surface area contributed by atoms with Gasteiger partial charge >= 0.3 is 0 Å². The highest BCUT2D eigenvalue weighted by molar-refractivity contribution is 6.30. The van der Waals surface area contributed by atoms with Crippen LogP contribution >= 0.6 is 11.6 Å². The number of piperazine rings is 1. The summed E-state index contributed by atoms with van der Waals surface area (Å²) in [5.74, 6) is 0.297. The SMILES string of the molecule is Cn1cnnc1N1CCN(C(=O)c2cc3nc(-c4ccc(Cl)c(F)c4)cc(C(C)(C)C)c3o2)C(C)(C)C1. The number of rotatable bonds is 3. The Labute approximate surface area is 220 Å². The summed E-state index contributed by atoms with van der Waals surface area (Å²) in [5.41, 5.74) is 2.40. The number of benzene rings is 1. The lowest BCUT2D eigenvalue weighted by atomic mass is 9.86. The normalized spacial score (nSPS) is 16.0. The predicted molar refractivity (Wildman–Crippen MR) is 141 cm³/mol. The van der Waals surface area contributed by atoms with Crippen LogP contribution in [-0.4, -0.2) is 55.7 Å². The zero-order valence-electron chi connectivity index (χ0n) is 21.8. The summed E-state index contributed by atoms with van der Waals surface area (Å²) in [6.45, 7) is 12.0. The summed E-state index contributed by atoms with van der Waals surface area (Å²) in [7, 11) is 1.90. The van der Waals surface area contributed by atoms with Gasteiger partial charge in [-0.05, 0) is 37.5 Å². The summed E-state index contributed by atoms with van der Waals surface area (Å²) < 4.78 is 22.3. The third-order valence-corrected chi connectivity index (χ3v) is 7.14. The van der Waals surface area contributed by atoms with Crippen LogP contribution in [0.3, 0.4) is 0 Å². The van der Waals surface area contributed by atoms with E-state index in [-0.39, 0.29) is 22.1 Å². The lowest BCUT2D eigenvalue weighted by molar-refractivity contribution is 0.0482. The lowest BCUT2D eigenvalue weighted by Crippen LogP contribution is -2.61. The van der Waals surface area contributed by atoms with Crippen LogP contribution in [0.5, 0.6) is 0 Å². The average molecular weight is 525 g/mol. The van der Waals surface area contributed by atoms with E-state index < -0.39 is 11.4 Å². The highest BCUT2D eigenvalue weighted by Crippen LogP contribution is 2.36. The van der Waals surface area contributed by atoms with Crippen molar-refractivity contribution in [2.75, 3.05) is 24.5 Å². The molecule has 10 heteroatoms. The zero-order chi connectivity index (χ0) is 26.7. The minimum atomic E-state index is -0.510. The van der Waals surface area contributed by atoms with Crippen molar-refractivity contribution in [2.45, 2.75) is 45.6 Å². The van der Waals surface area contributed by atoms with E-state index in [9.17, 15) is 9.18 Å². The van der Waals surface area contributed by atoms with Gasteiger partial charge in [0.25, 0.3) is 5.91 Å². The van der Waals surface area contributed by atoms with E-state index in [1.54, 1.807) is 18.5 Å². The maximum atomic E-state index is 14.2. The summed E-state index contributed by atoms with van der Waals surface area (Å²) in [5, 5.41) is 8.25. The lowest BCUT2D eigenvalue weighted by Gasteiger charge is -2.46. The second-order valence-corrected chi connectivity index (χ2v) is 11.6. The van der Waals surface area contributed by atoms with Crippen LogP contribution < -0.4 is 4.90 Å². The first-order valence-corrected chi connectivity index (χ1v) is 12.5. The Kier molecular flexibility index (Phi) is 6.02. The van der Waals surface area contributed by atoms with Gasteiger partial charge in [-0.15, -0.1) is 10.2 Å². The largest absolute Gasteiger partial charge is 0.449 e. The van der Waals surface area contributed by atoms with Gasteiger partial charge in [-0.3, -0.25) is 4.79 Å². The molecule has 0 atom stereocenters. The first kappa shape index (κ1) is 25.2. The number of carbonyl (C=O) groups is 1. The van der Waals surface area contributed by atoms with E-state index in [4.69, 9.17) is 21.0 Å². The Bertz CT molecular complexity index is 1500. The van der Waals surface area contributed by atoms with Gasteiger partial charge in [0.2, 0.25) is 5.95 Å². The van der Waals surface area contributed by atoms with Crippen LogP contribution in [0.4, 0.5) is 10.3 Å². The third-order valence-electron chi connectivity index (χ3n) is 6.83. The van der Waals surface area contributed by atoms with Crippen LogP contribution in [0.2, 0.25) is 5.02 Å². The topological polar surface area (TPSA) is 80.3 Å². The van der Waals surface area contributed by atoms with Gasteiger partial charge in [0.15, 0.2) is 11.3 Å². The fourth-order valence-corrected chi connectivity index (χ4v) is 5.00. The Morgan fingerprint density at radius 3 is 2.54 bits per heavy atom. The van der Waals surface area contributed by atoms with E-state index in [1.807, 2.05) is 36.4 Å². The molecule has 1 amide bonds. The van der Waals surface area contributed by atoms with Crippen LogP contribution in [0.15, 0.2) is 41.1 Å². The van der Waals surface area contributed by atoms with Crippen molar-refractivity contribution in [3.8, 4) is 11.3 Å². The number of hydrogen-bond donors (Lipinski definition) is 0. The molecule has 0 saturated carbocycles. The molecule has 1 aromatic carbocycles. The molecule has 0 spiro atoms.